The molecule has 0 aromatic heterocycles. The first-order valence-corrected chi connectivity index (χ1v) is 7.26. The van der Waals surface area contributed by atoms with Crippen molar-refractivity contribution >= 4 is 11.6 Å². The van der Waals surface area contributed by atoms with E-state index in [2.05, 4.69) is 17.6 Å². The molecule has 0 spiro atoms. The monoisotopic (exact) mass is 275 g/mol. The van der Waals surface area contributed by atoms with E-state index in [4.69, 9.17) is 0 Å². The maximum atomic E-state index is 12.3. The van der Waals surface area contributed by atoms with Gasteiger partial charge in [-0.2, -0.15) is 0 Å². The van der Waals surface area contributed by atoms with Gasteiger partial charge in [-0.1, -0.05) is 13.0 Å². The van der Waals surface area contributed by atoms with E-state index in [-0.39, 0.29) is 11.3 Å². The highest BCUT2D eigenvalue weighted by Crippen LogP contribution is 2.24. The molecule has 0 saturated carbocycles. The fourth-order valence-electron chi connectivity index (χ4n) is 2.59. The predicted molar refractivity (Wildman–Crippen MR) is 83.3 cm³/mol. The van der Waals surface area contributed by atoms with E-state index < -0.39 is 0 Å². The van der Waals surface area contributed by atoms with Gasteiger partial charge in [0.2, 0.25) is 0 Å². The Morgan fingerprint density at radius 3 is 2.90 bits per heavy atom. The molecule has 2 N–H and O–H groups in total. The van der Waals surface area contributed by atoms with Gasteiger partial charge in [-0.3, -0.25) is 4.79 Å². The van der Waals surface area contributed by atoms with Crippen LogP contribution in [0.15, 0.2) is 24.3 Å². The molecule has 1 aliphatic heterocycles. The third-order valence-electron chi connectivity index (χ3n) is 3.99. The van der Waals surface area contributed by atoms with Gasteiger partial charge in [-0.15, -0.1) is 0 Å². The van der Waals surface area contributed by atoms with Crippen LogP contribution in [0.2, 0.25) is 0 Å². The fraction of sp³-hybridized carbons (Fsp3) is 0.562. The molecule has 1 fully saturated rings. The molecule has 4 nitrogen and oxygen atoms in total. The predicted octanol–water partition coefficient (Wildman–Crippen LogP) is 1.87. The standard InChI is InChI=1S/C16H25N3O/c1-16(8-5-9-17-11-16)12-18-15(20)13-6-4-7-14(10-13)19(2)3/h4,6-7,10,17H,5,8-9,11-12H2,1-3H3,(H,18,20). The zero-order valence-electron chi connectivity index (χ0n) is 12.7. The van der Waals surface area contributed by atoms with Crippen molar-refractivity contribution < 1.29 is 4.79 Å². The minimum Gasteiger partial charge on any atom is -0.378 e. The Morgan fingerprint density at radius 1 is 1.45 bits per heavy atom. The van der Waals surface area contributed by atoms with E-state index in [0.29, 0.717) is 0 Å². The van der Waals surface area contributed by atoms with Crippen LogP contribution in [0.4, 0.5) is 5.69 Å². The molecule has 1 heterocycles. The lowest BCUT2D eigenvalue weighted by Crippen LogP contribution is -2.45. The number of carbonyl (C=O) groups excluding carboxylic acids is 1. The Labute approximate surface area is 121 Å². The van der Waals surface area contributed by atoms with Crippen molar-refractivity contribution in [2.75, 3.05) is 38.6 Å². The Bertz CT molecular complexity index is 465. The van der Waals surface area contributed by atoms with Crippen LogP contribution in [-0.4, -0.2) is 39.6 Å². The van der Waals surface area contributed by atoms with Gasteiger partial charge in [0.25, 0.3) is 5.91 Å². The Kier molecular flexibility index (Phi) is 4.65. The molecule has 1 unspecified atom stereocenters. The summed E-state index contributed by atoms with van der Waals surface area (Å²) in [6.45, 7) is 5.03. The summed E-state index contributed by atoms with van der Waals surface area (Å²) in [5.41, 5.74) is 1.94. The largest absolute Gasteiger partial charge is 0.378 e. The average Bonchev–Trinajstić information content (AvgIpc) is 2.46. The van der Waals surface area contributed by atoms with Crippen LogP contribution in [0, 0.1) is 5.41 Å². The van der Waals surface area contributed by atoms with E-state index in [1.54, 1.807) is 0 Å². The van der Waals surface area contributed by atoms with Gasteiger partial charge in [0.05, 0.1) is 0 Å². The second kappa shape index (κ2) is 6.27. The fourth-order valence-corrected chi connectivity index (χ4v) is 2.59. The molecular formula is C16H25N3O. The van der Waals surface area contributed by atoms with Crippen molar-refractivity contribution in [3.8, 4) is 0 Å². The van der Waals surface area contributed by atoms with Gasteiger partial charge in [-0.05, 0) is 43.0 Å². The summed E-state index contributed by atoms with van der Waals surface area (Å²) < 4.78 is 0. The minimum atomic E-state index is 0.0144. The Morgan fingerprint density at radius 2 is 2.25 bits per heavy atom. The van der Waals surface area contributed by atoms with Crippen molar-refractivity contribution in [1.29, 1.82) is 0 Å². The third kappa shape index (κ3) is 3.73. The lowest BCUT2D eigenvalue weighted by molar-refractivity contribution is 0.0924. The van der Waals surface area contributed by atoms with Crippen molar-refractivity contribution in [2.45, 2.75) is 19.8 Å². The number of piperidine rings is 1. The molecule has 110 valence electrons. The minimum absolute atomic E-state index is 0.0144. The molecule has 0 aliphatic carbocycles. The quantitative estimate of drug-likeness (QED) is 0.882. The number of carbonyl (C=O) groups is 1. The van der Waals surface area contributed by atoms with E-state index in [1.165, 1.54) is 6.42 Å². The summed E-state index contributed by atoms with van der Waals surface area (Å²) in [7, 11) is 3.96. The van der Waals surface area contributed by atoms with Gasteiger partial charge in [-0.25, -0.2) is 0 Å². The van der Waals surface area contributed by atoms with E-state index >= 15 is 0 Å². The lowest BCUT2D eigenvalue weighted by atomic mass is 9.83. The van der Waals surface area contributed by atoms with Crippen LogP contribution < -0.4 is 15.5 Å². The van der Waals surface area contributed by atoms with E-state index in [1.807, 2.05) is 43.3 Å². The first-order valence-electron chi connectivity index (χ1n) is 7.26. The molecule has 0 radical (unpaired) electrons. The average molecular weight is 275 g/mol. The number of nitrogens with zero attached hydrogens (tertiary/aromatic N) is 1. The van der Waals surface area contributed by atoms with Crippen LogP contribution in [0.1, 0.15) is 30.1 Å². The summed E-state index contributed by atoms with van der Waals surface area (Å²) >= 11 is 0. The highest BCUT2D eigenvalue weighted by atomic mass is 16.1. The van der Waals surface area contributed by atoms with Crippen LogP contribution in [0.5, 0.6) is 0 Å². The molecular weight excluding hydrogens is 250 g/mol. The summed E-state index contributed by atoms with van der Waals surface area (Å²) in [5, 5.41) is 6.48. The summed E-state index contributed by atoms with van der Waals surface area (Å²) in [6.07, 6.45) is 2.35. The topological polar surface area (TPSA) is 44.4 Å². The van der Waals surface area contributed by atoms with Gasteiger partial charge >= 0.3 is 0 Å². The van der Waals surface area contributed by atoms with E-state index in [0.717, 1.165) is 37.3 Å². The molecule has 2 rings (SSSR count). The molecule has 1 aromatic rings. The summed E-state index contributed by atoms with van der Waals surface area (Å²) in [5.74, 6) is 0.0144. The molecule has 4 heteroatoms. The highest BCUT2D eigenvalue weighted by molar-refractivity contribution is 5.95. The lowest BCUT2D eigenvalue weighted by Gasteiger charge is -2.34. The molecule has 1 aliphatic rings. The number of amides is 1. The zero-order chi connectivity index (χ0) is 14.6. The Balaban J connectivity index is 1.96. The Hall–Kier alpha value is -1.55. The van der Waals surface area contributed by atoms with E-state index in [9.17, 15) is 4.79 Å². The zero-order valence-corrected chi connectivity index (χ0v) is 12.7. The summed E-state index contributed by atoms with van der Waals surface area (Å²) in [4.78, 5) is 14.3. The smallest absolute Gasteiger partial charge is 0.251 e. The van der Waals surface area contributed by atoms with Gasteiger partial charge in [0.1, 0.15) is 0 Å². The van der Waals surface area contributed by atoms with Crippen LogP contribution in [-0.2, 0) is 0 Å². The number of rotatable bonds is 4. The van der Waals surface area contributed by atoms with Crippen LogP contribution in [0.3, 0.4) is 0 Å². The first-order chi connectivity index (χ1) is 9.50. The maximum absolute atomic E-state index is 12.3. The number of benzene rings is 1. The molecule has 1 atom stereocenters. The van der Waals surface area contributed by atoms with Crippen LogP contribution >= 0.6 is 0 Å². The third-order valence-corrected chi connectivity index (χ3v) is 3.99. The molecule has 1 saturated heterocycles. The number of anilines is 1. The first kappa shape index (κ1) is 14.9. The highest BCUT2D eigenvalue weighted by Gasteiger charge is 2.27. The second-order valence-corrected chi connectivity index (χ2v) is 6.22. The SMILES string of the molecule is CN(C)c1cccc(C(=O)NCC2(C)CCCNC2)c1. The molecule has 1 amide bonds. The van der Waals surface area contributed by atoms with Crippen LogP contribution in [0.25, 0.3) is 0 Å². The van der Waals surface area contributed by atoms with Crippen molar-refractivity contribution in [2.24, 2.45) is 5.41 Å². The molecule has 0 bridgehead atoms. The molecule has 1 aromatic carbocycles. The number of hydrogen-bond acceptors (Lipinski definition) is 3. The van der Waals surface area contributed by atoms with Crippen molar-refractivity contribution in [1.82, 2.24) is 10.6 Å². The number of hydrogen-bond donors (Lipinski definition) is 2. The van der Waals surface area contributed by atoms with Crippen molar-refractivity contribution in [3.05, 3.63) is 29.8 Å². The normalized spacial score (nSPS) is 22.4. The van der Waals surface area contributed by atoms with Crippen molar-refractivity contribution in [3.63, 3.8) is 0 Å². The van der Waals surface area contributed by atoms with Gasteiger partial charge < -0.3 is 15.5 Å². The summed E-state index contributed by atoms with van der Waals surface area (Å²) in [6, 6.07) is 7.72. The molecule has 20 heavy (non-hydrogen) atoms. The number of nitrogens with one attached hydrogen (secondary N) is 2. The maximum Gasteiger partial charge on any atom is 0.251 e. The van der Waals surface area contributed by atoms with Gasteiger partial charge in [0.15, 0.2) is 0 Å². The second-order valence-electron chi connectivity index (χ2n) is 6.22. The van der Waals surface area contributed by atoms with Gasteiger partial charge in [0, 0.05) is 38.4 Å².